The lowest BCUT2D eigenvalue weighted by Crippen LogP contribution is -2.31. The number of benzene rings is 7. The normalized spacial score (nSPS) is 18.5. The Hall–Kier alpha value is -7.16. The minimum Gasteiger partial charge on any atom is -0.335 e. The van der Waals surface area contributed by atoms with Gasteiger partial charge in [0, 0.05) is 34.4 Å². The van der Waals surface area contributed by atoms with E-state index in [0.717, 1.165) is 44.9 Å². The van der Waals surface area contributed by atoms with E-state index < -0.39 is 0 Å². The molecule has 4 aliphatic carbocycles. The van der Waals surface area contributed by atoms with Crippen molar-refractivity contribution in [3.8, 4) is 11.1 Å². The maximum atomic E-state index is 2.56. The van der Waals surface area contributed by atoms with Gasteiger partial charge in [0.05, 0.1) is 6.04 Å². The summed E-state index contributed by atoms with van der Waals surface area (Å²) in [5, 5.41) is 5.13. The number of hydrogen-bond donors (Lipinski definition) is 0. The van der Waals surface area contributed by atoms with E-state index in [9.17, 15) is 0 Å². The minimum atomic E-state index is 0.226. The predicted octanol–water partition coefficient (Wildman–Crippen LogP) is 17.0. The highest BCUT2D eigenvalue weighted by molar-refractivity contribution is 6.08. The molecule has 0 N–H and O–H groups in total. The van der Waals surface area contributed by atoms with E-state index in [1.807, 2.05) is 0 Å². The van der Waals surface area contributed by atoms with Crippen molar-refractivity contribution in [2.75, 3.05) is 9.80 Å². The molecule has 0 amide bonds. The standard InChI is InChI=1S/C62H54N2/c1-4-12-45(13-5-1)47-20-22-48(23-21-47)50-28-35-56(36-29-50)63(55-17-8-3-9-18-55)57-37-30-51(31-38-57)52-32-41-59(42-33-52)64(58-39-26-49(27-40-58)46-14-6-2-7-15-46)60-43-34-54-25-24-53-16-10-11-19-61(53)62(54)44-60/h2-4,6-20,22,24-28,30-32,34-35,37-41,43-44,52,59H,1,5,21,23,29,33,36,42H2. The fraction of sp³-hybridized carbons (Fsp3) is 0.161. The van der Waals surface area contributed by atoms with Gasteiger partial charge in [-0.05, 0) is 167 Å². The molecule has 4 aliphatic rings. The summed E-state index contributed by atoms with van der Waals surface area (Å²) in [4.78, 5) is 5.03. The molecule has 64 heavy (non-hydrogen) atoms. The molecule has 0 heterocycles. The van der Waals surface area contributed by atoms with E-state index in [0.29, 0.717) is 5.92 Å². The Morgan fingerprint density at radius 1 is 0.438 bits per heavy atom. The van der Waals surface area contributed by atoms with Gasteiger partial charge in [0.1, 0.15) is 0 Å². The van der Waals surface area contributed by atoms with Crippen LogP contribution in [0.1, 0.15) is 62.8 Å². The van der Waals surface area contributed by atoms with E-state index >= 15 is 0 Å². The number of rotatable bonds is 10. The molecule has 0 spiro atoms. The highest BCUT2D eigenvalue weighted by Crippen LogP contribution is 2.41. The summed E-state index contributed by atoms with van der Waals surface area (Å²) in [5.74, 6) is 0.362. The van der Waals surface area contributed by atoms with Gasteiger partial charge in [-0.2, -0.15) is 0 Å². The first-order valence-corrected chi connectivity index (χ1v) is 23.4. The number of fused-ring (bicyclic) bond motifs is 3. The molecule has 2 atom stereocenters. The zero-order valence-corrected chi connectivity index (χ0v) is 36.5. The van der Waals surface area contributed by atoms with Gasteiger partial charge in [-0.15, -0.1) is 0 Å². The number of para-hydroxylation sites is 1. The Labute approximate surface area is 378 Å². The molecule has 0 aromatic heterocycles. The topological polar surface area (TPSA) is 6.48 Å². The van der Waals surface area contributed by atoms with Crippen LogP contribution < -0.4 is 9.80 Å². The maximum Gasteiger partial charge on any atom is 0.0522 e. The van der Waals surface area contributed by atoms with Crippen LogP contribution in [0.25, 0.3) is 32.7 Å². The summed E-state index contributed by atoms with van der Waals surface area (Å²) in [5.41, 5.74) is 15.9. The van der Waals surface area contributed by atoms with Gasteiger partial charge in [-0.1, -0.05) is 164 Å². The van der Waals surface area contributed by atoms with Gasteiger partial charge in [-0.25, -0.2) is 0 Å². The summed E-state index contributed by atoms with van der Waals surface area (Å²) in [7, 11) is 0. The number of nitrogens with zero attached hydrogens (tertiary/aromatic N) is 2. The fourth-order valence-corrected chi connectivity index (χ4v) is 10.4. The van der Waals surface area contributed by atoms with Crippen LogP contribution in [0.4, 0.5) is 22.7 Å². The van der Waals surface area contributed by atoms with E-state index in [2.05, 4.69) is 228 Å². The van der Waals surface area contributed by atoms with Crippen LogP contribution in [0.3, 0.4) is 0 Å². The minimum absolute atomic E-state index is 0.226. The molecular formula is C62H54N2. The van der Waals surface area contributed by atoms with Crippen LogP contribution in [0, 0.1) is 0 Å². The van der Waals surface area contributed by atoms with Crippen molar-refractivity contribution in [2.24, 2.45) is 0 Å². The van der Waals surface area contributed by atoms with E-state index in [1.54, 1.807) is 0 Å². The average molecular weight is 827 g/mol. The molecule has 2 unspecified atom stereocenters. The zero-order valence-electron chi connectivity index (χ0n) is 36.5. The number of allylic oxidation sites excluding steroid dienone is 13. The SMILES string of the molecule is C1=CC(C2=CC=C(C3=CC=C(N(c4ccccc4)c4ccc(C5C=CC(N(c6ccc(-c7ccccc7)cc6)c6ccc7ccc8ccccc8c7c6)CC5)cc4)CC3)CC2)=CCC1. The van der Waals surface area contributed by atoms with E-state index in [1.165, 1.54) is 95.4 Å². The molecule has 0 bridgehead atoms. The molecule has 0 aliphatic heterocycles. The van der Waals surface area contributed by atoms with Crippen LogP contribution in [-0.2, 0) is 0 Å². The van der Waals surface area contributed by atoms with Crippen molar-refractivity contribution < 1.29 is 0 Å². The first-order valence-electron chi connectivity index (χ1n) is 23.4. The van der Waals surface area contributed by atoms with Crippen LogP contribution in [0.2, 0.25) is 0 Å². The summed E-state index contributed by atoms with van der Waals surface area (Å²) in [6.45, 7) is 0. The Bertz CT molecular complexity index is 3030. The average Bonchev–Trinajstić information content (AvgIpc) is 3.38. The molecule has 0 fully saturated rings. The highest BCUT2D eigenvalue weighted by Gasteiger charge is 2.26. The molecule has 7 aromatic rings. The largest absolute Gasteiger partial charge is 0.335 e. The van der Waals surface area contributed by atoms with Gasteiger partial charge in [0.15, 0.2) is 0 Å². The Balaban J connectivity index is 0.860. The van der Waals surface area contributed by atoms with Crippen LogP contribution >= 0.6 is 0 Å². The third-order valence-corrected chi connectivity index (χ3v) is 13.9. The lowest BCUT2D eigenvalue weighted by molar-refractivity contribution is 0.586. The first-order chi connectivity index (χ1) is 31.7. The lowest BCUT2D eigenvalue weighted by atomic mass is 9.85. The van der Waals surface area contributed by atoms with Gasteiger partial charge in [0.25, 0.3) is 0 Å². The van der Waals surface area contributed by atoms with Crippen molar-refractivity contribution in [3.63, 3.8) is 0 Å². The van der Waals surface area contributed by atoms with Gasteiger partial charge in [0.2, 0.25) is 0 Å². The van der Waals surface area contributed by atoms with Crippen molar-refractivity contribution in [2.45, 2.75) is 63.3 Å². The molecule has 11 rings (SSSR count). The van der Waals surface area contributed by atoms with Gasteiger partial charge in [-0.3, -0.25) is 0 Å². The Kier molecular flexibility index (Phi) is 11.1. The highest BCUT2D eigenvalue weighted by atomic mass is 15.2. The monoisotopic (exact) mass is 826 g/mol. The number of anilines is 4. The second-order valence-corrected chi connectivity index (χ2v) is 17.7. The van der Waals surface area contributed by atoms with Crippen LogP contribution in [0.15, 0.2) is 246 Å². The van der Waals surface area contributed by atoms with Crippen molar-refractivity contribution >= 4 is 44.3 Å². The van der Waals surface area contributed by atoms with Crippen molar-refractivity contribution in [1.29, 1.82) is 0 Å². The van der Waals surface area contributed by atoms with E-state index in [-0.39, 0.29) is 6.04 Å². The van der Waals surface area contributed by atoms with Gasteiger partial charge >= 0.3 is 0 Å². The molecule has 312 valence electrons. The second kappa shape index (κ2) is 17.9. The molecule has 0 saturated heterocycles. The molecule has 0 radical (unpaired) electrons. The van der Waals surface area contributed by atoms with E-state index in [4.69, 9.17) is 0 Å². The maximum absolute atomic E-state index is 2.56. The molecule has 7 aromatic carbocycles. The quantitative estimate of drug-likeness (QED) is 0.100. The Morgan fingerprint density at radius 3 is 1.77 bits per heavy atom. The van der Waals surface area contributed by atoms with Crippen LogP contribution in [-0.4, -0.2) is 6.04 Å². The molecule has 0 saturated carbocycles. The van der Waals surface area contributed by atoms with Crippen LogP contribution in [0.5, 0.6) is 0 Å². The molecule has 2 heteroatoms. The summed E-state index contributed by atoms with van der Waals surface area (Å²) >= 11 is 0. The van der Waals surface area contributed by atoms with Crippen molar-refractivity contribution in [1.82, 2.24) is 0 Å². The number of hydrogen-bond acceptors (Lipinski definition) is 2. The lowest BCUT2D eigenvalue weighted by Gasteiger charge is -2.36. The zero-order chi connectivity index (χ0) is 42.7. The first kappa shape index (κ1) is 39.7. The molecule has 2 nitrogen and oxygen atoms in total. The third-order valence-electron chi connectivity index (χ3n) is 13.9. The summed E-state index contributed by atoms with van der Waals surface area (Å²) in [6, 6.07) is 60.6. The third kappa shape index (κ3) is 8.13. The molecular weight excluding hydrogens is 773 g/mol. The predicted molar refractivity (Wildman–Crippen MR) is 273 cm³/mol. The fourth-order valence-electron chi connectivity index (χ4n) is 10.4. The second-order valence-electron chi connectivity index (χ2n) is 17.7. The summed E-state index contributed by atoms with van der Waals surface area (Å²) in [6.07, 6.45) is 30.2. The van der Waals surface area contributed by atoms with Crippen molar-refractivity contribution in [3.05, 3.63) is 252 Å². The van der Waals surface area contributed by atoms with Gasteiger partial charge < -0.3 is 9.80 Å². The Morgan fingerprint density at radius 2 is 1.06 bits per heavy atom. The summed E-state index contributed by atoms with van der Waals surface area (Å²) < 4.78 is 0. The smallest absolute Gasteiger partial charge is 0.0522 e.